The fourth-order valence-electron chi connectivity index (χ4n) is 1.29. The van der Waals surface area contributed by atoms with Crippen LogP contribution in [0.15, 0.2) is 12.1 Å². The minimum atomic E-state index is 0.545. The molecule has 0 saturated carbocycles. The summed E-state index contributed by atoms with van der Waals surface area (Å²) in [4.78, 5) is 0. The molecule has 1 aromatic carbocycles. The van der Waals surface area contributed by atoms with Crippen molar-refractivity contribution < 1.29 is 14.2 Å². The second-order valence-corrected chi connectivity index (χ2v) is 3.51. The molecule has 5 heteroatoms. The van der Waals surface area contributed by atoms with Crippen molar-refractivity contribution in [2.45, 2.75) is 0 Å². The highest BCUT2D eigenvalue weighted by atomic mass is 35.5. The number of hydrogen-bond donors (Lipinski definition) is 1. The molecular weight excluding hydrogens is 230 g/mol. The van der Waals surface area contributed by atoms with E-state index in [0.717, 1.165) is 5.69 Å². The van der Waals surface area contributed by atoms with Crippen LogP contribution in [0.25, 0.3) is 0 Å². The Morgan fingerprint density at radius 3 is 2.38 bits per heavy atom. The lowest BCUT2D eigenvalue weighted by molar-refractivity contribution is 0.210. The minimum absolute atomic E-state index is 0.545. The highest BCUT2D eigenvalue weighted by molar-refractivity contribution is 6.32. The standard InChI is InChI=1S/C11H16ClNO3/c1-14-5-4-13-9-6-8(12)10(15-2)7-11(9)16-3/h6-7,13H,4-5H2,1-3H3. The van der Waals surface area contributed by atoms with E-state index < -0.39 is 0 Å². The number of nitrogens with one attached hydrogen (secondary N) is 1. The summed E-state index contributed by atoms with van der Waals surface area (Å²) < 4.78 is 15.3. The first-order valence-electron chi connectivity index (χ1n) is 4.87. The molecule has 0 atom stereocenters. The van der Waals surface area contributed by atoms with E-state index >= 15 is 0 Å². The second kappa shape index (κ2) is 6.45. The van der Waals surface area contributed by atoms with Gasteiger partial charge in [0.15, 0.2) is 0 Å². The molecule has 0 aliphatic rings. The molecule has 0 aromatic heterocycles. The topological polar surface area (TPSA) is 39.7 Å². The van der Waals surface area contributed by atoms with Crippen molar-refractivity contribution >= 4 is 17.3 Å². The van der Waals surface area contributed by atoms with Crippen LogP contribution in [0.4, 0.5) is 5.69 Å². The van der Waals surface area contributed by atoms with Crippen LogP contribution in [0.2, 0.25) is 5.02 Å². The quantitative estimate of drug-likeness (QED) is 0.782. The monoisotopic (exact) mass is 245 g/mol. The third kappa shape index (κ3) is 3.18. The smallest absolute Gasteiger partial charge is 0.145 e. The zero-order valence-electron chi connectivity index (χ0n) is 9.67. The van der Waals surface area contributed by atoms with Gasteiger partial charge in [-0.25, -0.2) is 0 Å². The Bertz CT molecular complexity index is 344. The van der Waals surface area contributed by atoms with Crippen molar-refractivity contribution in [1.29, 1.82) is 0 Å². The molecule has 90 valence electrons. The van der Waals surface area contributed by atoms with Crippen molar-refractivity contribution in [3.05, 3.63) is 17.2 Å². The second-order valence-electron chi connectivity index (χ2n) is 3.11. The van der Waals surface area contributed by atoms with E-state index in [4.69, 9.17) is 25.8 Å². The Kier molecular flexibility index (Phi) is 5.22. The molecule has 0 aliphatic carbocycles. The average Bonchev–Trinajstić information content (AvgIpc) is 2.30. The van der Waals surface area contributed by atoms with Crippen molar-refractivity contribution in [2.24, 2.45) is 0 Å². The maximum atomic E-state index is 6.02. The summed E-state index contributed by atoms with van der Waals surface area (Å²) in [5, 5.41) is 3.71. The SMILES string of the molecule is COCCNc1cc(Cl)c(OC)cc1OC. The van der Waals surface area contributed by atoms with E-state index in [9.17, 15) is 0 Å². The third-order valence-corrected chi connectivity index (χ3v) is 2.39. The van der Waals surface area contributed by atoms with Crippen molar-refractivity contribution in [3.8, 4) is 11.5 Å². The molecule has 16 heavy (non-hydrogen) atoms. The molecule has 0 spiro atoms. The molecule has 0 bridgehead atoms. The first-order valence-corrected chi connectivity index (χ1v) is 5.25. The minimum Gasteiger partial charge on any atom is -0.495 e. The molecule has 0 radical (unpaired) electrons. The molecule has 0 aliphatic heterocycles. The number of anilines is 1. The molecule has 0 fully saturated rings. The first kappa shape index (κ1) is 12.9. The van der Waals surface area contributed by atoms with Crippen LogP contribution in [0, 0.1) is 0 Å². The molecule has 0 saturated heterocycles. The number of methoxy groups -OCH3 is 3. The predicted octanol–water partition coefficient (Wildman–Crippen LogP) is 2.42. The molecular formula is C11H16ClNO3. The Hall–Kier alpha value is -1.13. The molecule has 0 heterocycles. The predicted molar refractivity (Wildman–Crippen MR) is 64.9 cm³/mol. The Labute approximate surface area is 100 Å². The number of benzene rings is 1. The number of hydrogen-bond acceptors (Lipinski definition) is 4. The lowest BCUT2D eigenvalue weighted by Gasteiger charge is -2.13. The Morgan fingerprint density at radius 2 is 1.81 bits per heavy atom. The lowest BCUT2D eigenvalue weighted by atomic mass is 10.2. The molecule has 4 nitrogen and oxygen atoms in total. The molecule has 0 unspecified atom stereocenters. The maximum absolute atomic E-state index is 6.02. The summed E-state index contributed by atoms with van der Waals surface area (Å²) in [6.07, 6.45) is 0. The van der Waals surface area contributed by atoms with Crippen molar-refractivity contribution in [3.63, 3.8) is 0 Å². The summed E-state index contributed by atoms with van der Waals surface area (Å²) in [5.74, 6) is 1.29. The van der Waals surface area contributed by atoms with Gasteiger partial charge in [-0.05, 0) is 6.07 Å². The van der Waals surface area contributed by atoms with Gasteiger partial charge in [0.25, 0.3) is 0 Å². The molecule has 1 aromatic rings. The zero-order chi connectivity index (χ0) is 12.0. The number of halogens is 1. The summed E-state index contributed by atoms with van der Waals surface area (Å²) in [5.41, 5.74) is 0.824. The van der Waals surface area contributed by atoms with E-state index in [0.29, 0.717) is 29.7 Å². The highest BCUT2D eigenvalue weighted by Gasteiger charge is 2.09. The van der Waals surface area contributed by atoms with Crippen molar-refractivity contribution in [1.82, 2.24) is 0 Å². The first-order chi connectivity index (χ1) is 7.72. The van der Waals surface area contributed by atoms with Crippen LogP contribution < -0.4 is 14.8 Å². The van der Waals surface area contributed by atoms with Crippen molar-refractivity contribution in [2.75, 3.05) is 39.8 Å². The van der Waals surface area contributed by atoms with E-state index in [1.807, 2.05) is 0 Å². The van der Waals surface area contributed by atoms with Crippen LogP contribution in [-0.4, -0.2) is 34.5 Å². The van der Waals surface area contributed by atoms with Gasteiger partial charge in [0.2, 0.25) is 0 Å². The van der Waals surface area contributed by atoms with E-state index in [1.54, 1.807) is 33.5 Å². The average molecular weight is 246 g/mol. The van der Waals surface area contributed by atoms with E-state index in [-0.39, 0.29) is 0 Å². The summed E-state index contributed by atoms with van der Waals surface area (Å²) >= 11 is 6.02. The van der Waals surface area contributed by atoms with E-state index in [2.05, 4.69) is 5.32 Å². The highest BCUT2D eigenvalue weighted by Crippen LogP contribution is 2.35. The molecule has 0 amide bonds. The van der Waals surface area contributed by atoms with Gasteiger partial charge in [0.1, 0.15) is 11.5 Å². The van der Waals surface area contributed by atoms with Crippen LogP contribution in [0.3, 0.4) is 0 Å². The Balaban J connectivity index is 2.85. The van der Waals surface area contributed by atoms with Gasteiger partial charge in [-0.15, -0.1) is 0 Å². The largest absolute Gasteiger partial charge is 0.495 e. The van der Waals surface area contributed by atoms with Crippen LogP contribution in [0.5, 0.6) is 11.5 Å². The fraction of sp³-hybridized carbons (Fsp3) is 0.455. The maximum Gasteiger partial charge on any atom is 0.145 e. The van der Waals surface area contributed by atoms with Gasteiger partial charge in [-0.1, -0.05) is 11.6 Å². The van der Waals surface area contributed by atoms with Gasteiger partial charge in [0, 0.05) is 19.7 Å². The van der Waals surface area contributed by atoms with Crippen LogP contribution in [0.1, 0.15) is 0 Å². The number of rotatable bonds is 6. The van der Waals surface area contributed by atoms with Crippen LogP contribution in [-0.2, 0) is 4.74 Å². The van der Waals surface area contributed by atoms with Gasteiger partial charge in [-0.2, -0.15) is 0 Å². The van der Waals surface area contributed by atoms with Gasteiger partial charge >= 0.3 is 0 Å². The lowest BCUT2D eigenvalue weighted by Crippen LogP contribution is -2.08. The van der Waals surface area contributed by atoms with E-state index in [1.165, 1.54) is 0 Å². The third-order valence-electron chi connectivity index (χ3n) is 2.10. The zero-order valence-corrected chi connectivity index (χ0v) is 10.4. The van der Waals surface area contributed by atoms with Crippen LogP contribution >= 0.6 is 11.6 Å². The van der Waals surface area contributed by atoms with Gasteiger partial charge in [-0.3, -0.25) is 0 Å². The summed E-state index contributed by atoms with van der Waals surface area (Å²) in [7, 11) is 4.82. The molecule has 1 N–H and O–H groups in total. The Morgan fingerprint density at radius 1 is 1.12 bits per heavy atom. The normalized spacial score (nSPS) is 10.0. The fourth-order valence-corrected chi connectivity index (χ4v) is 1.53. The molecule has 1 rings (SSSR count). The van der Waals surface area contributed by atoms with Gasteiger partial charge in [0.05, 0.1) is 31.5 Å². The summed E-state index contributed by atoms with van der Waals surface area (Å²) in [6, 6.07) is 3.52. The summed E-state index contributed by atoms with van der Waals surface area (Å²) in [6.45, 7) is 1.31. The number of ether oxygens (including phenoxy) is 3. The van der Waals surface area contributed by atoms with Gasteiger partial charge < -0.3 is 19.5 Å².